The van der Waals surface area contributed by atoms with Crippen LogP contribution in [-0.2, 0) is 4.79 Å². The van der Waals surface area contributed by atoms with E-state index in [4.69, 9.17) is 0 Å². The minimum Gasteiger partial charge on any atom is -0.393 e. The molecule has 4 aliphatic carbocycles. The number of carbonyl (C=O) groups is 1. The number of carbonyl (C=O) groups excluding carboxylic acids is 1. The molecule has 7 unspecified atom stereocenters. The molecular formula is C21H32O3. The molecule has 0 saturated heterocycles. The van der Waals surface area contributed by atoms with Crippen molar-refractivity contribution in [3.05, 3.63) is 11.1 Å². The minimum absolute atomic E-state index is 0.0316. The van der Waals surface area contributed by atoms with Crippen LogP contribution in [-0.4, -0.2) is 27.7 Å². The topological polar surface area (TPSA) is 57.5 Å². The highest BCUT2D eigenvalue weighted by molar-refractivity contribution is 5.96. The van der Waals surface area contributed by atoms with Crippen LogP contribution in [0.3, 0.4) is 0 Å². The van der Waals surface area contributed by atoms with E-state index in [1.54, 1.807) is 0 Å². The number of hydrogen-bond donors (Lipinski definition) is 2. The summed E-state index contributed by atoms with van der Waals surface area (Å²) in [5.74, 6) is 1.52. The summed E-state index contributed by atoms with van der Waals surface area (Å²) in [6.07, 6.45) is 5.82. The first-order chi connectivity index (χ1) is 11.1. The molecule has 24 heavy (non-hydrogen) atoms. The molecule has 0 bridgehead atoms. The third-order valence-electron chi connectivity index (χ3n) is 8.91. The quantitative estimate of drug-likeness (QED) is 0.712. The van der Waals surface area contributed by atoms with Crippen LogP contribution in [0.5, 0.6) is 0 Å². The second-order valence-electron chi connectivity index (χ2n) is 9.78. The molecule has 4 rings (SSSR count). The maximum absolute atomic E-state index is 12.2. The average Bonchev–Trinajstić information content (AvgIpc) is 2.73. The Morgan fingerprint density at radius 1 is 1.08 bits per heavy atom. The Balaban J connectivity index is 1.77. The van der Waals surface area contributed by atoms with Crippen molar-refractivity contribution in [1.82, 2.24) is 0 Å². The SMILES string of the molecule is CC1=C2CCC3C(C(O)CC4(C)C3CCC4(C)O)C2(C)CCC1=O. The molecule has 0 spiro atoms. The highest BCUT2D eigenvalue weighted by Gasteiger charge is 2.65. The second kappa shape index (κ2) is 4.94. The Hall–Kier alpha value is -0.670. The van der Waals surface area contributed by atoms with Crippen LogP contribution in [0.4, 0.5) is 0 Å². The Morgan fingerprint density at radius 3 is 2.50 bits per heavy atom. The highest BCUT2D eigenvalue weighted by Crippen LogP contribution is 2.67. The molecule has 0 radical (unpaired) electrons. The fourth-order valence-corrected chi connectivity index (χ4v) is 7.33. The second-order valence-corrected chi connectivity index (χ2v) is 9.78. The van der Waals surface area contributed by atoms with Crippen LogP contribution in [0.25, 0.3) is 0 Å². The summed E-state index contributed by atoms with van der Waals surface area (Å²) < 4.78 is 0. The van der Waals surface area contributed by atoms with Gasteiger partial charge in [-0.2, -0.15) is 0 Å². The molecule has 0 aliphatic heterocycles. The maximum Gasteiger partial charge on any atom is 0.158 e. The minimum atomic E-state index is -0.668. The van der Waals surface area contributed by atoms with Gasteiger partial charge in [-0.05, 0) is 81.1 Å². The molecule has 0 aromatic heterocycles. The molecule has 0 aromatic rings. The molecule has 3 fully saturated rings. The van der Waals surface area contributed by atoms with Crippen molar-refractivity contribution in [2.24, 2.45) is 28.6 Å². The highest BCUT2D eigenvalue weighted by atomic mass is 16.3. The predicted octanol–water partition coefficient (Wildman–Crippen LogP) is 3.63. The van der Waals surface area contributed by atoms with Gasteiger partial charge in [0.05, 0.1) is 11.7 Å². The first-order valence-electron chi connectivity index (χ1n) is 9.76. The number of Topliss-reactive ketones (excluding diaryl/α,β-unsaturated/α-hetero) is 1. The largest absolute Gasteiger partial charge is 0.393 e. The van der Waals surface area contributed by atoms with Gasteiger partial charge >= 0.3 is 0 Å². The predicted molar refractivity (Wildman–Crippen MR) is 93.3 cm³/mol. The Morgan fingerprint density at radius 2 is 1.79 bits per heavy atom. The van der Waals surface area contributed by atoms with Crippen LogP contribution in [0.2, 0.25) is 0 Å². The van der Waals surface area contributed by atoms with E-state index in [0.717, 1.165) is 37.7 Å². The van der Waals surface area contributed by atoms with Crippen molar-refractivity contribution in [2.45, 2.75) is 84.3 Å². The van der Waals surface area contributed by atoms with Crippen molar-refractivity contribution in [2.75, 3.05) is 0 Å². The van der Waals surface area contributed by atoms with Crippen LogP contribution < -0.4 is 0 Å². The summed E-state index contributed by atoms with van der Waals surface area (Å²) >= 11 is 0. The molecule has 0 amide bonds. The fourth-order valence-electron chi connectivity index (χ4n) is 7.33. The molecule has 3 heteroatoms. The van der Waals surface area contributed by atoms with E-state index in [1.807, 2.05) is 13.8 Å². The fraction of sp³-hybridized carbons (Fsp3) is 0.857. The summed E-state index contributed by atoms with van der Waals surface area (Å²) in [5.41, 5.74) is 1.42. The van der Waals surface area contributed by atoms with Gasteiger partial charge in [0.15, 0.2) is 5.78 Å². The van der Waals surface area contributed by atoms with Crippen molar-refractivity contribution in [3.8, 4) is 0 Å². The van der Waals surface area contributed by atoms with Crippen molar-refractivity contribution >= 4 is 5.78 Å². The molecule has 7 atom stereocenters. The number of fused-ring (bicyclic) bond motifs is 5. The van der Waals surface area contributed by atoms with Crippen LogP contribution in [0, 0.1) is 28.6 Å². The van der Waals surface area contributed by atoms with Gasteiger partial charge in [-0.3, -0.25) is 4.79 Å². The summed E-state index contributed by atoms with van der Waals surface area (Å²) in [6.45, 7) is 8.47. The Kier molecular flexibility index (Phi) is 3.46. The van der Waals surface area contributed by atoms with Gasteiger partial charge in [0.25, 0.3) is 0 Å². The zero-order valence-electron chi connectivity index (χ0n) is 15.6. The smallest absolute Gasteiger partial charge is 0.158 e. The molecular weight excluding hydrogens is 300 g/mol. The lowest BCUT2D eigenvalue weighted by Gasteiger charge is -2.60. The van der Waals surface area contributed by atoms with E-state index in [2.05, 4.69) is 13.8 Å². The number of aliphatic hydroxyl groups is 2. The molecule has 0 aromatic carbocycles. The summed E-state index contributed by atoms with van der Waals surface area (Å²) in [6, 6.07) is 0. The Labute approximate surface area is 145 Å². The zero-order chi connectivity index (χ0) is 17.5. The first-order valence-corrected chi connectivity index (χ1v) is 9.76. The first kappa shape index (κ1) is 16.8. The molecule has 0 heterocycles. The summed E-state index contributed by atoms with van der Waals surface area (Å²) in [5, 5.41) is 22.2. The van der Waals surface area contributed by atoms with Crippen LogP contribution in [0.1, 0.15) is 72.6 Å². The lowest BCUT2D eigenvalue weighted by atomic mass is 9.45. The van der Waals surface area contributed by atoms with E-state index in [-0.39, 0.29) is 22.9 Å². The van der Waals surface area contributed by atoms with E-state index in [9.17, 15) is 15.0 Å². The van der Waals surface area contributed by atoms with Gasteiger partial charge < -0.3 is 10.2 Å². The summed E-state index contributed by atoms with van der Waals surface area (Å²) in [4.78, 5) is 12.2. The lowest BCUT2D eigenvalue weighted by Crippen LogP contribution is -2.59. The van der Waals surface area contributed by atoms with Crippen LogP contribution >= 0.6 is 0 Å². The third kappa shape index (κ3) is 1.89. The van der Waals surface area contributed by atoms with E-state index in [1.165, 1.54) is 5.57 Å². The van der Waals surface area contributed by atoms with Crippen molar-refractivity contribution in [1.29, 1.82) is 0 Å². The van der Waals surface area contributed by atoms with E-state index >= 15 is 0 Å². The van der Waals surface area contributed by atoms with Gasteiger partial charge in [-0.1, -0.05) is 19.4 Å². The summed E-state index contributed by atoms with van der Waals surface area (Å²) in [7, 11) is 0. The Bertz CT molecular complexity index is 619. The maximum atomic E-state index is 12.2. The van der Waals surface area contributed by atoms with Crippen molar-refractivity contribution < 1.29 is 15.0 Å². The molecule has 3 saturated carbocycles. The number of rotatable bonds is 0. The normalized spacial score (nSPS) is 54.3. The number of aliphatic hydroxyl groups excluding tert-OH is 1. The van der Waals surface area contributed by atoms with Gasteiger partial charge in [-0.25, -0.2) is 0 Å². The van der Waals surface area contributed by atoms with Gasteiger partial charge in [-0.15, -0.1) is 0 Å². The van der Waals surface area contributed by atoms with Gasteiger partial charge in [0.2, 0.25) is 0 Å². The number of hydrogen-bond acceptors (Lipinski definition) is 3. The van der Waals surface area contributed by atoms with Crippen molar-refractivity contribution in [3.63, 3.8) is 0 Å². The molecule has 2 N–H and O–H groups in total. The van der Waals surface area contributed by atoms with E-state index in [0.29, 0.717) is 30.5 Å². The molecule has 134 valence electrons. The van der Waals surface area contributed by atoms with Crippen LogP contribution in [0.15, 0.2) is 11.1 Å². The van der Waals surface area contributed by atoms with E-state index < -0.39 is 5.60 Å². The lowest BCUT2D eigenvalue weighted by molar-refractivity contribution is -0.166. The van der Waals surface area contributed by atoms with Gasteiger partial charge in [0.1, 0.15) is 0 Å². The monoisotopic (exact) mass is 332 g/mol. The average molecular weight is 332 g/mol. The van der Waals surface area contributed by atoms with Gasteiger partial charge in [0, 0.05) is 11.8 Å². The standard InChI is InChI=1S/C21H32O3/c1-12-14-6-5-13-15-7-10-21(4,24)20(15,3)11-17(23)18(13)19(14,2)9-8-16(12)22/h13,15,17-18,23-24H,5-11H2,1-4H3. The number of allylic oxidation sites excluding steroid dienone is 1. The third-order valence-corrected chi connectivity index (χ3v) is 8.91. The number of ketones is 1. The molecule has 3 nitrogen and oxygen atoms in total. The molecule has 4 aliphatic rings. The zero-order valence-corrected chi connectivity index (χ0v) is 15.6.